The largest absolute Gasteiger partial charge is 0.478 e. The normalized spacial score (nSPS) is 16.7. The van der Waals surface area contributed by atoms with Gasteiger partial charge in [0, 0.05) is 60.6 Å². The molecular weight excluding hydrogens is 492 g/mol. The number of fused-ring (bicyclic) bond motifs is 1. The van der Waals surface area contributed by atoms with Crippen LogP contribution in [0.4, 0.5) is 23.2 Å². The second-order valence-corrected chi connectivity index (χ2v) is 8.60. The van der Waals surface area contributed by atoms with Crippen LogP contribution in [0, 0.1) is 6.92 Å². The molecule has 4 N–H and O–H groups in total. The van der Waals surface area contributed by atoms with Crippen LogP contribution in [0.15, 0.2) is 36.5 Å². The highest BCUT2D eigenvalue weighted by Gasteiger charge is 2.31. The maximum atomic E-state index is 13.2. The van der Waals surface area contributed by atoms with Crippen LogP contribution < -0.4 is 10.5 Å². The van der Waals surface area contributed by atoms with Crippen LogP contribution in [0.5, 0.6) is 5.75 Å². The van der Waals surface area contributed by atoms with Gasteiger partial charge in [-0.05, 0) is 42.3 Å². The van der Waals surface area contributed by atoms with Gasteiger partial charge in [0.25, 0.3) is 6.43 Å². The van der Waals surface area contributed by atoms with Crippen molar-refractivity contribution < 1.29 is 32.2 Å². The molecule has 1 atom stereocenters. The number of piperazine rings is 1. The fraction of sp³-hybridized carbons (Fsp3) is 0.423. The van der Waals surface area contributed by atoms with Crippen LogP contribution in [0.1, 0.15) is 46.9 Å². The minimum atomic E-state index is -3.01. The number of nitrogen functional groups attached to an aromatic ring is 1. The van der Waals surface area contributed by atoms with Crippen molar-refractivity contribution in [1.29, 1.82) is 0 Å². The molecule has 0 bridgehead atoms. The number of hydrogen-bond donors (Lipinski definition) is 3. The summed E-state index contributed by atoms with van der Waals surface area (Å²) in [5.74, 6) is -1.11. The number of benzene rings is 2. The Labute approximate surface area is 212 Å². The molecule has 2 heterocycles. The molecule has 37 heavy (non-hydrogen) atoms. The fourth-order valence-electron chi connectivity index (χ4n) is 4.73. The van der Waals surface area contributed by atoms with Crippen molar-refractivity contribution >= 4 is 22.6 Å². The number of aryl methyl sites for hydroxylation is 1. The van der Waals surface area contributed by atoms with Crippen molar-refractivity contribution in [2.75, 3.05) is 31.9 Å². The third kappa shape index (κ3) is 6.53. The third-order valence-electron chi connectivity index (χ3n) is 6.35. The van der Waals surface area contributed by atoms with Gasteiger partial charge < -0.3 is 20.6 Å². The first-order valence-electron chi connectivity index (χ1n) is 12.1. The molecule has 1 unspecified atom stereocenters. The van der Waals surface area contributed by atoms with Crippen LogP contribution in [0.2, 0.25) is 0 Å². The number of aromatic carboxylic acids is 1. The Balaban J connectivity index is 0.00000186. The number of carboxylic acids is 1. The van der Waals surface area contributed by atoms with Gasteiger partial charge in [-0.1, -0.05) is 19.9 Å². The first-order chi connectivity index (χ1) is 17.6. The SMILES string of the molecule is CC.Cc1cc(OC(F)F)c(CN2CCN(CC(F)F)CC2c2ccc(C(=O)O)c(N)c2)c2cc[nH]c12. The van der Waals surface area contributed by atoms with E-state index >= 15 is 0 Å². The van der Waals surface area contributed by atoms with Crippen LogP contribution in [0.3, 0.4) is 0 Å². The number of nitrogens with one attached hydrogen (secondary N) is 1. The third-order valence-corrected chi connectivity index (χ3v) is 6.35. The topological polar surface area (TPSA) is 94.8 Å². The quantitative estimate of drug-likeness (QED) is 0.266. The number of hydrogen-bond acceptors (Lipinski definition) is 5. The van der Waals surface area contributed by atoms with E-state index < -0.39 is 31.6 Å². The highest BCUT2D eigenvalue weighted by atomic mass is 19.3. The first kappa shape index (κ1) is 28.3. The van der Waals surface area contributed by atoms with Crippen molar-refractivity contribution in [2.24, 2.45) is 0 Å². The lowest BCUT2D eigenvalue weighted by Gasteiger charge is -2.42. The van der Waals surface area contributed by atoms with Crippen LogP contribution in [-0.2, 0) is 6.54 Å². The van der Waals surface area contributed by atoms with Gasteiger partial charge in [-0.15, -0.1) is 0 Å². The zero-order valence-electron chi connectivity index (χ0n) is 21.0. The zero-order chi connectivity index (χ0) is 27.3. The molecule has 2 aromatic carbocycles. The number of H-pyrrole nitrogens is 1. The predicted molar refractivity (Wildman–Crippen MR) is 134 cm³/mol. The molecule has 202 valence electrons. The number of nitrogens with two attached hydrogens (primary N) is 1. The van der Waals surface area contributed by atoms with Crippen LogP contribution in [0.25, 0.3) is 10.9 Å². The maximum absolute atomic E-state index is 13.2. The number of aromatic nitrogens is 1. The number of ether oxygens (including phenoxy) is 1. The smallest absolute Gasteiger partial charge is 0.387 e. The lowest BCUT2D eigenvalue weighted by Crippen LogP contribution is -2.49. The Morgan fingerprint density at radius 2 is 1.92 bits per heavy atom. The van der Waals surface area contributed by atoms with E-state index in [1.54, 1.807) is 36.2 Å². The number of halogens is 4. The molecule has 0 radical (unpaired) electrons. The summed E-state index contributed by atoms with van der Waals surface area (Å²) in [5.41, 5.74) is 8.71. The Kier molecular flexibility index (Phi) is 9.39. The van der Waals surface area contributed by atoms with E-state index in [-0.39, 0.29) is 30.1 Å². The van der Waals surface area contributed by atoms with E-state index in [2.05, 4.69) is 4.98 Å². The van der Waals surface area contributed by atoms with Crippen LogP contribution >= 0.6 is 0 Å². The minimum absolute atomic E-state index is 0.0547. The van der Waals surface area contributed by atoms with Gasteiger partial charge in [0.05, 0.1) is 12.1 Å². The van der Waals surface area contributed by atoms with Crippen molar-refractivity contribution in [1.82, 2.24) is 14.8 Å². The minimum Gasteiger partial charge on any atom is -0.478 e. The molecule has 1 fully saturated rings. The lowest BCUT2D eigenvalue weighted by atomic mass is 9.97. The monoisotopic (exact) mass is 524 g/mol. The van der Waals surface area contributed by atoms with Crippen molar-refractivity contribution in [3.8, 4) is 5.75 Å². The van der Waals surface area contributed by atoms with E-state index in [1.165, 1.54) is 12.1 Å². The Bertz CT molecular complexity index is 1220. The predicted octanol–water partition coefficient (Wildman–Crippen LogP) is 5.51. The summed E-state index contributed by atoms with van der Waals surface area (Å²) in [5, 5.41) is 10.0. The molecule has 1 aromatic heterocycles. The van der Waals surface area contributed by atoms with Gasteiger partial charge in [0.15, 0.2) is 0 Å². The summed E-state index contributed by atoms with van der Waals surface area (Å²) in [6.07, 6.45) is -0.791. The maximum Gasteiger partial charge on any atom is 0.387 e. The van der Waals surface area contributed by atoms with Gasteiger partial charge in [-0.3, -0.25) is 9.80 Å². The van der Waals surface area contributed by atoms with Crippen molar-refractivity contribution in [3.05, 3.63) is 58.8 Å². The lowest BCUT2D eigenvalue weighted by molar-refractivity contribution is -0.0510. The molecule has 1 aliphatic rings. The molecule has 4 rings (SSSR count). The molecule has 0 aliphatic carbocycles. The summed E-state index contributed by atoms with van der Waals surface area (Å²) in [6.45, 7) is 3.57. The number of carbonyl (C=O) groups is 1. The number of aromatic amines is 1. The van der Waals surface area contributed by atoms with Crippen LogP contribution in [-0.4, -0.2) is 65.1 Å². The molecule has 0 spiro atoms. The Morgan fingerprint density at radius 3 is 2.54 bits per heavy atom. The van der Waals surface area contributed by atoms with Gasteiger partial charge in [0.1, 0.15) is 5.75 Å². The summed E-state index contributed by atoms with van der Waals surface area (Å²) in [7, 11) is 0. The molecule has 3 aromatic rings. The summed E-state index contributed by atoms with van der Waals surface area (Å²) in [4.78, 5) is 18.1. The highest BCUT2D eigenvalue weighted by Crippen LogP contribution is 2.36. The van der Waals surface area contributed by atoms with E-state index in [0.717, 1.165) is 16.5 Å². The van der Waals surface area contributed by atoms with Gasteiger partial charge in [-0.25, -0.2) is 13.6 Å². The number of alkyl halides is 4. The van der Waals surface area contributed by atoms with Gasteiger partial charge >= 0.3 is 12.6 Å². The summed E-state index contributed by atoms with van der Waals surface area (Å²) < 4.78 is 57.5. The molecule has 1 aliphatic heterocycles. The standard InChI is InChI=1S/C24H26F4N4O3.C2H6/c1-13-8-20(35-24(27)28)17(15-4-5-30-22(13)15)10-32-7-6-31(12-21(25)26)11-19(32)14-2-3-16(23(33)34)18(29)9-14;1-2/h2-5,8-9,19,21,24,30H,6-7,10-12,29H2,1H3,(H,33,34);1-2H3. The first-order valence-corrected chi connectivity index (χ1v) is 12.1. The highest BCUT2D eigenvalue weighted by molar-refractivity contribution is 5.93. The van der Waals surface area contributed by atoms with Gasteiger partial charge in [0.2, 0.25) is 0 Å². The number of rotatable bonds is 8. The molecule has 1 saturated heterocycles. The molecule has 7 nitrogen and oxygen atoms in total. The van der Waals surface area contributed by atoms with E-state index in [9.17, 15) is 27.5 Å². The van der Waals surface area contributed by atoms with E-state index in [0.29, 0.717) is 24.2 Å². The summed E-state index contributed by atoms with van der Waals surface area (Å²) in [6, 6.07) is 7.45. The van der Waals surface area contributed by atoms with E-state index in [1.807, 2.05) is 18.7 Å². The second-order valence-electron chi connectivity index (χ2n) is 8.60. The number of nitrogens with zero attached hydrogens (tertiary/aromatic N) is 2. The Morgan fingerprint density at radius 1 is 1.19 bits per heavy atom. The average Bonchev–Trinajstić information content (AvgIpc) is 3.33. The number of anilines is 1. The van der Waals surface area contributed by atoms with Crippen molar-refractivity contribution in [2.45, 2.75) is 46.4 Å². The molecule has 0 saturated carbocycles. The van der Waals surface area contributed by atoms with E-state index in [4.69, 9.17) is 10.5 Å². The molecule has 0 amide bonds. The Hall–Kier alpha value is -3.31. The molecule has 11 heteroatoms. The molecular formula is C26H32F4N4O3. The van der Waals surface area contributed by atoms with Gasteiger partial charge in [-0.2, -0.15) is 8.78 Å². The second kappa shape index (κ2) is 12.3. The number of carboxylic acid groups (broad SMARTS) is 1. The fourth-order valence-corrected chi connectivity index (χ4v) is 4.73. The summed E-state index contributed by atoms with van der Waals surface area (Å²) >= 11 is 0. The zero-order valence-corrected chi connectivity index (χ0v) is 21.0. The van der Waals surface area contributed by atoms with Crippen molar-refractivity contribution in [3.63, 3.8) is 0 Å². The average molecular weight is 525 g/mol.